The summed E-state index contributed by atoms with van der Waals surface area (Å²) in [7, 11) is 0. The van der Waals surface area contributed by atoms with E-state index < -0.39 is 0 Å². The van der Waals surface area contributed by atoms with Crippen LogP contribution in [0.5, 0.6) is 0 Å². The molecule has 13 heavy (non-hydrogen) atoms. The Labute approximate surface area is 87.7 Å². The number of hydrogen-bond acceptors (Lipinski definition) is 1. The zero-order valence-electron chi connectivity index (χ0n) is 7.81. The van der Waals surface area contributed by atoms with Gasteiger partial charge >= 0.3 is 0 Å². The average Bonchev–Trinajstić information content (AvgIpc) is 2.61. The Morgan fingerprint density at radius 1 is 1.46 bits per heavy atom. The molecule has 0 aromatic heterocycles. The molecule has 1 aliphatic heterocycles. The van der Waals surface area contributed by atoms with Gasteiger partial charge < -0.3 is 5.32 Å². The van der Waals surface area contributed by atoms with Crippen LogP contribution >= 0.6 is 15.9 Å². The van der Waals surface area contributed by atoms with Crippen LogP contribution in [0.3, 0.4) is 0 Å². The van der Waals surface area contributed by atoms with Crippen molar-refractivity contribution in [1.29, 1.82) is 0 Å². The van der Waals surface area contributed by atoms with Gasteiger partial charge in [-0.3, -0.25) is 0 Å². The highest BCUT2D eigenvalue weighted by Crippen LogP contribution is 2.27. The van der Waals surface area contributed by atoms with E-state index in [0.29, 0.717) is 6.04 Å². The fourth-order valence-corrected chi connectivity index (χ4v) is 2.32. The minimum Gasteiger partial charge on any atom is -0.310 e. The summed E-state index contributed by atoms with van der Waals surface area (Å²) in [6.45, 7) is 3.35. The van der Waals surface area contributed by atoms with Crippen LogP contribution in [0.15, 0.2) is 22.7 Å². The fourth-order valence-electron chi connectivity index (χ4n) is 1.94. The van der Waals surface area contributed by atoms with Crippen molar-refractivity contribution in [2.75, 3.05) is 6.54 Å². The van der Waals surface area contributed by atoms with Gasteiger partial charge in [0.2, 0.25) is 0 Å². The molecular weight excluding hydrogens is 226 g/mol. The van der Waals surface area contributed by atoms with E-state index in [1.807, 2.05) is 0 Å². The van der Waals surface area contributed by atoms with Gasteiger partial charge in [-0.15, -0.1) is 0 Å². The molecule has 1 heterocycles. The Morgan fingerprint density at radius 2 is 2.31 bits per heavy atom. The van der Waals surface area contributed by atoms with Gasteiger partial charge in [0, 0.05) is 10.5 Å². The highest BCUT2D eigenvalue weighted by Gasteiger charge is 2.17. The predicted octanol–water partition coefficient (Wildman–Crippen LogP) is 3.18. The standard InChI is InChI=1S/C11H14BrN/c1-8-4-5-9(12)7-10(8)11-3-2-6-13-11/h4-5,7,11,13H,2-3,6H2,1H3. The van der Waals surface area contributed by atoms with Crippen LogP contribution in [0.2, 0.25) is 0 Å². The molecule has 2 heteroatoms. The molecule has 1 saturated heterocycles. The van der Waals surface area contributed by atoms with Gasteiger partial charge in [-0.2, -0.15) is 0 Å². The SMILES string of the molecule is Cc1ccc(Br)cc1C1CCCN1. The molecule has 1 fully saturated rings. The highest BCUT2D eigenvalue weighted by atomic mass is 79.9. The molecular formula is C11H14BrN. The van der Waals surface area contributed by atoms with Crippen LogP contribution in [0.25, 0.3) is 0 Å². The molecule has 1 unspecified atom stereocenters. The lowest BCUT2D eigenvalue weighted by atomic mass is 10.0. The monoisotopic (exact) mass is 239 g/mol. The van der Waals surface area contributed by atoms with E-state index in [1.165, 1.54) is 28.4 Å². The van der Waals surface area contributed by atoms with Crippen molar-refractivity contribution in [3.05, 3.63) is 33.8 Å². The minimum atomic E-state index is 0.581. The van der Waals surface area contributed by atoms with Crippen LogP contribution < -0.4 is 5.32 Å². The molecule has 1 atom stereocenters. The summed E-state index contributed by atoms with van der Waals surface area (Å²) in [6.07, 6.45) is 2.58. The van der Waals surface area contributed by atoms with E-state index in [1.54, 1.807) is 0 Å². The summed E-state index contributed by atoms with van der Waals surface area (Å²) in [6, 6.07) is 7.10. The van der Waals surface area contributed by atoms with E-state index in [-0.39, 0.29) is 0 Å². The second kappa shape index (κ2) is 3.81. The fraction of sp³-hybridized carbons (Fsp3) is 0.455. The van der Waals surface area contributed by atoms with E-state index >= 15 is 0 Å². The van der Waals surface area contributed by atoms with E-state index in [0.717, 1.165) is 6.54 Å². The maximum atomic E-state index is 3.52. The number of benzene rings is 1. The third-order valence-electron chi connectivity index (χ3n) is 2.68. The molecule has 1 nitrogen and oxygen atoms in total. The summed E-state index contributed by atoms with van der Waals surface area (Å²) < 4.78 is 1.18. The van der Waals surface area contributed by atoms with Crippen LogP contribution in [0.4, 0.5) is 0 Å². The van der Waals surface area contributed by atoms with Crippen molar-refractivity contribution in [2.45, 2.75) is 25.8 Å². The van der Waals surface area contributed by atoms with Gasteiger partial charge in [0.1, 0.15) is 0 Å². The lowest BCUT2D eigenvalue weighted by Crippen LogP contribution is -2.13. The number of hydrogen-bond donors (Lipinski definition) is 1. The van der Waals surface area contributed by atoms with Crippen molar-refractivity contribution in [3.8, 4) is 0 Å². The first-order valence-corrected chi connectivity index (χ1v) is 5.56. The quantitative estimate of drug-likeness (QED) is 0.794. The van der Waals surface area contributed by atoms with E-state index in [2.05, 4.69) is 46.4 Å². The van der Waals surface area contributed by atoms with Gasteiger partial charge in [0.15, 0.2) is 0 Å². The summed E-state index contributed by atoms with van der Waals surface area (Å²) in [5, 5.41) is 3.52. The lowest BCUT2D eigenvalue weighted by Gasteiger charge is -2.13. The number of rotatable bonds is 1. The molecule has 2 rings (SSSR count). The topological polar surface area (TPSA) is 12.0 Å². The molecule has 0 aliphatic carbocycles. The second-order valence-corrected chi connectivity index (χ2v) is 4.57. The van der Waals surface area contributed by atoms with Gasteiger partial charge in [-0.25, -0.2) is 0 Å². The Balaban J connectivity index is 2.32. The Bertz CT molecular complexity index is 303. The van der Waals surface area contributed by atoms with Crippen LogP contribution in [-0.4, -0.2) is 6.54 Å². The number of nitrogens with one attached hydrogen (secondary N) is 1. The third-order valence-corrected chi connectivity index (χ3v) is 3.17. The van der Waals surface area contributed by atoms with Crippen LogP contribution in [-0.2, 0) is 0 Å². The Morgan fingerprint density at radius 3 is 3.00 bits per heavy atom. The van der Waals surface area contributed by atoms with Gasteiger partial charge in [0.05, 0.1) is 0 Å². The Kier molecular flexibility index (Phi) is 2.70. The molecule has 0 saturated carbocycles. The largest absolute Gasteiger partial charge is 0.310 e. The van der Waals surface area contributed by atoms with Crippen molar-refractivity contribution in [3.63, 3.8) is 0 Å². The molecule has 1 aliphatic rings. The highest BCUT2D eigenvalue weighted by molar-refractivity contribution is 9.10. The predicted molar refractivity (Wildman–Crippen MR) is 58.9 cm³/mol. The minimum absolute atomic E-state index is 0.581. The number of aryl methyl sites for hydroxylation is 1. The van der Waals surface area contributed by atoms with Crippen LogP contribution in [0.1, 0.15) is 30.0 Å². The summed E-state index contributed by atoms with van der Waals surface area (Å²) >= 11 is 3.52. The molecule has 1 aromatic carbocycles. The first kappa shape index (κ1) is 9.22. The van der Waals surface area contributed by atoms with Gasteiger partial charge in [0.25, 0.3) is 0 Å². The smallest absolute Gasteiger partial charge is 0.0323 e. The van der Waals surface area contributed by atoms with Crippen LogP contribution in [0, 0.1) is 6.92 Å². The van der Waals surface area contributed by atoms with Gasteiger partial charge in [-0.05, 0) is 49.6 Å². The first-order chi connectivity index (χ1) is 6.27. The number of halogens is 1. The van der Waals surface area contributed by atoms with Crippen molar-refractivity contribution in [1.82, 2.24) is 5.32 Å². The van der Waals surface area contributed by atoms with E-state index in [9.17, 15) is 0 Å². The van der Waals surface area contributed by atoms with Crippen molar-refractivity contribution < 1.29 is 0 Å². The summed E-state index contributed by atoms with van der Waals surface area (Å²) in [5.74, 6) is 0. The first-order valence-electron chi connectivity index (χ1n) is 4.77. The molecule has 0 bridgehead atoms. The maximum absolute atomic E-state index is 3.52. The van der Waals surface area contributed by atoms with Crippen molar-refractivity contribution in [2.24, 2.45) is 0 Å². The molecule has 1 aromatic rings. The molecule has 1 N–H and O–H groups in total. The second-order valence-electron chi connectivity index (χ2n) is 3.65. The molecule has 0 radical (unpaired) electrons. The zero-order valence-corrected chi connectivity index (χ0v) is 9.39. The molecule has 0 spiro atoms. The Hall–Kier alpha value is -0.340. The third kappa shape index (κ3) is 1.94. The lowest BCUT2D eigenvalue weighted by molar-refractivity contribution is 0.643. The summed E-state index contributed by atoms with van der Waals surface area (Å²) in [5.41, 5.74) is 2.84. The summed E-state index contributed by atoms with van der Waals surface area (Å²) in [4.78, 5) is 0. The normalized spacial score (nSPS) is 22.2. The molecule has 70 valence electrons. The van der Waals surface area contributed by atoms with E-state index in [4.69, 9.17) is 0 Å². The van der Waals surface area contributed by atoms with Gasteiger partial charge in [-0.1, -0.05) is 22.0 Å². The van der Waals surface area contributed by atoms with Crippen molar-refractivity contribution >= 4 is 15.9 Å². The zero-order chi connectivity index (χ0) is 9.26. The average molecular weight is 240 g/mol. The molecule has 0 amide bonds. The maximum Gasteiger partial charge on any atom is 0.0323 e.